The van der Waals surface area contributed by atoms with Gasteiger partial charge < -0.3 is 5.32 Å². The molecule has 2 aromatic rings. The van der Waals surface area contributed by atoms with Gasteiger partial charge in [-0.15, -0.1) is 11.3 Å². The zero-order valence-electron chi connectivity index (χ0n) is 11.7. The van der Waals surface area contributed by atoms with E-state index in [1.165, 1.54) is 26.0 Å². The van der Waals surface area contributed by atoms with Crippen LogP contribution in [0.15, 0.2) is 33.4 Å². The predicted octanol–water partition coefficient (Wildman–Crippen LogP) is 5.22. The molecule has 1 atom stereocenters. The van der Waals surface area contributed by atoms with E-state index in [0.717, 1.165) is 13.0 Å². The molecule has 0 bridgehead atoms. The lowest BCUT2D eigenvalue weighted by molar-refractivity contribution is 0.599. The Kier molecular flexibility index (Phi) is 5.20. The van der Waals surface area contributed by atoms with Crippen LogP contribution in [0.1, 0.15) is 41.6 Å². The van der Waals surface area contributed by atoms with Crippen LogP contribution in [0.5, 0.6) is 0 Å². The number of rotatable bonds is 5. The minimum atomic E-state index is 0.293. The third-order valence-corrected chi connectivity index (χ3v) is 4.62. The van der Waals surface area contributed by atoms with Gasteiger partial charge in [0.2, 0.25) is 0 Å². The number of benzene rings is 1. The molecule has 19 heavy (non-hydrogen) atoms. The Morgan fingerprint density at radius 1 is 1.11 bits per heavy atom. The Labute approximate surface area is 128 Å². The average molecular weight is 338 g/mol. The Hall–Kier alpha value is -0.640. The van der Waals surface area contributed by atoms with Gasteiger partial charge in [0.25, 0.3) is 0 Å². The molecule has 0 aliphatic heterocycles. The highest BCUT2D eigenvalue weighted by Gasteiger charge is 2.15. The van der Waals surface area contributed by atoms with Gasteiger partial charge in [-0.1, -0.05) is 36.2 Å². The molecule has 1 aromatic heterocycles. The van der Waals surface area contributed by atoms with E-state index in [9.17, 15) is 0 Å². The summed E-state index contributed by atoms with van der Waals surface area (Å²) in [7, 11) is 0. The van der Waals surface area contributed by atoms with Crippen molar-refractivity contribution in [2.75, 3.05) is 6.54 Å². The Morgan fingerprint density at radius 3 is 2.32 bits per heavy atom. The van der Waals surface area contributed by atoms with E-state index in [1.807, 2.05) is 0 Å². The maximum absolute atomic E-state index is 3.66. The van der Waals surface area contributed by atoms with Gasteiger partial charge in [-0.25, -0.2) is 0 Å². The number of aryl methyl sites for hydroxylation is 2. The minimum absolute atomic E-state index is 0.293. The third kappa shape index (κ3) is 3.91. The summed E-state index contributed by atoms with van der Waals surface area (Å²) in [5.74, 6) is 0. The molecule has 3 heteroatoms. The highest BCUT2D eigenvalue weighted by atomic mass is 79.9. The second kappa shape index (κ2) is 6.69. The number of hydrogen-bond donors (Lipinski definition) is 1. The van der Waals surface area contributed by atoms with Crippen LogP contribution >= 0.6 is 27.3 Å². The summed E-state index contributed by atoms with van der Waals surface area (Å²) < 4.78 is 1.19. The number of nitrogens with one attached hydrogen (secondary N) is 1. The molecule has 1 N–H and O–H groups in total. The molecule has 1 heterocycles. The van der Waals surface area contributed by atoms with Gasteiger partial charge >= 0.3 is 0 Å². The molecule has 0 aliphatic carbocycles. The van der Waals surface area contributed by atoms with E-state index in [1.54, 1.807) is 11.3 Å². The summed E-state index contributed by atoms with van der Waals surface area (Å²) in [5, 5.41) is 5.89. The zero-order valence-corrected chi connectivity index (χ0v) is 14.1. The van der Waals surface area contributed by atoms with Crippen LogP contribution in [0.3, 0.4) is 0 Å². The number of halogens is 1. The number of thiophene rings is 1. The normalized spacial score (nSPS) is 12.6. The van der Waals surface area contributed by atoms with Crippen LogP contribution < -0.4 is 5.32 Å². The topological polar surface area (TPSA) is 12.0 Å². The van der Waals surface area contributed by atoms with Gasteiger partial charge in [-0.3, -0.25) is 0 Å². The molecule has 1 aromatic carbocycles. The largest absolute Gasteiger partial charge is 0.306 e. The molecule has 0 amide bonds. The fourth-order valence-electron chi connectivity index (χ4n) is 2.37. The maximum Gasteiger partial charge on any atom is 0.0701 e. The summed E-state index contributed by atoms with van der Waals surface area (Å²) in [6.45, 7) is 7.56. The van der Waals surface area contributed by atoms with Gasteiger partial charge in [0, 0.05) is 0 Å². The highest BCUT2D eigenvalue weighted by molar-refractivity contribution is 9.11. The van der Waals surface area contributed by atoms with Gasteiger partial charge in [0.1, 0.15) is 0 Å². The molecule has 2 rings (SSSR count). The van der Waals surface area contributed by atoms with E-state index >= 15 is 0 Å². The zero-order chi connectivity index (χ0) is 13.8. The van der Waals surface area contributed by atoms with Crippen LogP contribution in [0.4, 0.5) is 0 Å². The van der Waals surface area contributed by atoms with Crippen molar-refractivity contribution < 1.29 is 0 Å². The summed E-state index contributed by atoms with van der Waals surface area (Å²) in [4.78, 5) is 0. The fourth-order valence-corrected chi connectivity index (χ4v) is 3.57. The molecule has 0 aliphatic rings. The lowest BCUT2D eigenvalue weighted by atomic mass is 9.97. The molecule has 1 nitrogen and oxygen atoms in total. The number of hydrogen-bond acceptors (Lipinski definition) is 2. The molecule has 1 unspecified atom stereocenters. The molecule has 0 radical (unpaired) electrons. The van der Waals surface area contributed by atoms with Crippen LogP contribution in [-0.2, 0) is 0 Å². The standard InChI is InChI=1S/C16H20BrNS/c1-4-5-18-16(14-9-15(17)19-10-14)13-7-11(2)6-12(3)8-13/h6-10,16,18H,4-5H2,1-3H3. The second-order valence-corrected chi connectivity index (χ2v) is 7.28. The van der Waals surface area contributed by atoms with Crippen molar-refractivity contribution in [3.63, 3.8) is 0 Å². The van der Waals surface area contributed by atoms with Crippen LogP contribution in [-0.4, -0.2) is 6.54 Å². The van der Waals surface area contributed by atoms with Crippen molar-refractivity contribution in [2.45, 2.75) is 33.2 Å². The fraction of sp³-hybridized carbons (Fsp3) is 0.375. The monoisotopic (exact) mass is 337 g/mol. The smallest absolute Gasteiger partial charge is 0.0701 e. The molecular formula is C16H20BrNS. The molecule has 0 fully saturated rings. The third-order valence-electron chi connectivity index (χ3n) is 3.10. The molecular weight excluding hydrogens is 318 g/mol. The first kappa shape index (κ1) is 14.8. The summed E-state index contributed by atoms with van der Waals surface area (Å²) >= 11 is 5.31. The highest BCUT2D eigenvalue weighted by Crippen LogP contribution is 2.30. The van der Waals surface area contributed by atoms with Gasteiger partial charge in [-0.05, 0) is 65.3 Å². The van der Waals surface area contributed by atoms with Crippen molar-refractivity contribution in [2.24, 2.45) is 0 Å². The van der Waals surface area contributed by atoms with E-state index in [-0.39, 0.29) is 0 Å². The lowest BCUT2D eigenvalue weighted by Crippen LogP contribution is -2.22. The SMILES string of the molecule is CCCNC(c1cc(C)cc(C)c1)c1csc(Br)c1. The molecule has 0 saturated heterocycles. The summed E-state index contributed by atoms with van der Waals surface area (Å²) in [6.07, 6.45) is 1.15. The predicted molar refractivity (Wildman–Crippen MR) is 88.1 cm³/mol. The maximum atomic E-state index is 3.66. The Morgan fingerprint density at radius 2 is 1.79 bits per heavy atom. The van der Waals surface area contributed by atoms with Crippen molar-refractivity contribution >= 4 is 27.3 Å². The van der Waals surface area contributed by atoms with Crippen LogP contribution in [0, 0.1) is 13.8 Å². The van der Waals surface area contributed by atoms with Crippen molar-refractivity contribution in [1.82, 2.24) is 5.32 Å². The van der Waals surface area contributed by atoms with Crippen LogP contribution in [0.25, 0.3) is 0 Å². The quantitative estimate of drug-likeness (QED) is 0.788. The van der Waals surface area contributed by atoms with E-state index in [0.29, 0.717) is 6.04 Å². The Balaban J connectivity index is 2.36. The first-order valence-corrected chi connectivity index (χ1v) is 8.33. The molecule has 102 valence electrons. The van der Waals surface area contributed by atoms with Gasteiger partial charge in [0.15, 0.2) is 0 Å². The second-order valence-electron chi connectivity index (χ2n) is 4.99. The van der Waals surface area contributed by atoms with E-state index in [2.05, 4.69) is 71.7 Å². The van der Waals surface area contributed by atoms with Crippen molar-refractivity contribution in [3.8, 4) is 0 Å². The summed E-state index contributed by atoms with van der Waals surface area (Å²) in [6, 6.07) is 9.30. The lowest BCUT2D eigenvalue weighted by Gasteiger charge is -2.19. The molecule has 0 saturated carbocycles. The summed E-state index contributed by atoms with van der Waals surface area (Å²) in [5.41, 5.74) is 5.35. The Bertz CT molecular complexity index is 527. The van der Waals surface area contributed by atoms with E-state index < -0.39 is 0 Å². The first-order chi connectivity index (χ1) is 9.10. The van der Waals surface area contributed by atoms with E-state index in [4.69, 9.17) is 0 Å². The minimum Gasteiger partial charge on any atom is -0.306 e. The van der Waals surface area contributed by atoms with Crippen LogP contribution in [0.2, 0.25) is 0 Å². The van der Waals surface area contributed by atoms with Gasteiger partial charge in [0.05, 0.1) is 9.83 Å². The van der Waals surface area contributed by atoms with Gasteiger partial charge in [-0.2, -0.15) is 0 Å². The average Bonchev–Trinajstić information content (AvgIpc) is 2.75. The first-order valence-electron chi connectivity index (χ1n) is 6.65. The molecule has 0 spiro atoms. The van der Waals surface area contributed by atoms with Crippen molar-refractivity contribution in [3.05, 3.63) is 55.7 Å². The van der Waals surface area contributed by atoms with Crippen molar-refractivity contribution in [1.29, 1.82) is 0 Å².